The van der Waals surface area contributed by atoms with Gasteiger partial charge in [0, 0.05) is 11.6 Å². The van der Waals surface area contributed by atoms with Gasteiger partial charge < -0.3 is 0 Å². The van der Waals surface area contributed by atoms with Crippen molar-refractivity contribution in [3.05, 3.63) is 82.3 Å². The molecule has 124 valence electrons. The molecule has 0 saturated heterocycles. The third kappa shape index (κ3) is 2.67. The molecule has 0 aliphatic rings. The van der Waals surface area contributed by atoms with Crippen LogP contribution in [0.4, 0.5) is 8.78 Å². The molecule has 0 amide bonds. The molecular weight excluding hydrogens is 328 g/mol. The van der Waals surface area contributed by atoms with Crippen LogP contribution < -0.4 is 5.56 Å². The van der Waals surface area contributed by atoms with E-state index in [9.17, 15) is 13.6 Å². The van der Waals surface area contributed by atoms with Crippen LogP contribution in [0.5, 0.6) is 0 Å². The summed E-state index contributed by atoms with van der Waals surface area (Å²) in [5, 5.41) is 12.3. The third-order valence-corrected chi connectivity index (χ3v) is 3.79. The van der Waals surface area contributed by atoms with Crippen molar-refractivity contribution >= 4 is 11.0 Å². The Hall–Kier alpha value is -3.42. The lowest BCUT2D eigenvalue weighted by Gasteiger charge is -2.06. The van der Waals surface area contributed by atoms with E-state index in [1.54, 1.807) is 0 Å². The number of halogens is 2. The summed E-state index contributed by atoms with van der Waals surface area (Å²) in [7, 11) is 0. The number of hydrogen-bond acceptors (Lipinski definition) is 4. The quantitative estimate of drug-likeness (QED) is 0.574. The van der Waals surface area contributed by atoms with E-state index in [2.05, 4.69) is 15.4 Å². The van der Waals surface area contributed by atoms with Crippen LogP contribution in [0.15, 0.2) is 59.5 Å². The lowest BCUT2D eigenvalue weighted by Crippen LogP contribution is -2.25. The molecule has 0 aliphatic carbocycles. The highest BCUT2D eigenvalue weighted by Crippen LogP contribution is 2.13. The third-order valence-electron chi connectivity index (χ3n) is 3.79. The Morgan fingerprint density at radius 2 is 1.84 bits per heavy atom. The minimum Gasteiger partial charge on any atom is -0.267 e. The zero-order valence-electron chi connectivity index (χ0n) is 12.8. The monoisotopic (exact) mass is 339 g/mol. The van der Waals surface area contributed by atoms with E-state index >= 15 is 0 Å². The second-order valence-corrected chi connectivity index (χ2v) is 5.42. The van der Waals surface area contributed by atoms with Crippen LogP contribution in [-0.2, 0) is 6.54 Å². The first-order valence-corrected chi connectivity index (χ1v) is 7.44. The van der Waals surface area contributed by atoms with Gasteiger partial charge in [-0.15, -0.1) is 5.10 Å². The number of hydrogen-bond donors (Lipinski definition) is 0. The summed E-state index contributed by atoms with van der Waals surface area (Å²) in [6, 6.07) is 12.4. The number of para-hydroxylation sites is 1. The Morgan fingerprint density at radius 1 is 1.04 bits per heavy atom. The van der Waals surface area contributed by atoms with Gasteiger partial charge in [0.1, 0.15) is 17.0 Å². The van der Waals surface area contributed by atoms with E-state index in [0.717, 1.165) is 22.5 Å². The Morgan fingerprint density at radius 3 is 2.60 bits per heavy atom. The minimum atomic E-state index is -0.742. The Bertz CT molecular complexity index is 1120. The summed E-state index contributed by atoms with van der Waals surface area (Å²) >= 11 is 0. The van der Waals surface area contributed by atoms with Gasteiger partial charge in [-0.05, 0) is 18.2 Å². The predicted molar refractivity (Wildman–Crippen MR) is 86.4 cm³/mol. The first kappa shape index (κ1) is 15.1. The molecule has 0 aliphatic heterocycles. The first-order chi connectivity index (χ1) is 12.1. The first-order valence-electron chi connectivity index (χ1n) is 7.44. The number of aromatic nitrogens is 5. The van der Waals surface area contributed by atoms with Crippen molar-refractivity contribution in [2.75, 3.05) is 0 Å². The van der Waals surface area contributed by atoms with Gasteiger partial charge in [-0.2, -0.15) is 5.10 Å². The molecule has 2 heterocycles. The maximum absolute atomic E-state index is 13.8. The molecule has 2 aromatic carbocycles. The van der Waals surface area contributed by atoms with Gasteiger partial charge in [0.2, 0.25) is 0 Å². The van der Waals surface area contributed by atoms with Crippen LogP contribution in [0.1, 0.15) is 5.56 Å². The molecule has 0 saturated carbocycles. The van der Waals surface area contributed by atoms with Crippen molar-refractivity contribution in [2.45, 2.75) is 6.54 Å². The molecule has 8 heteroatoms. The van der Waals surface area contributed by atoms with E-state index in [1.807, 2.05) is 30.3 Å². The van der Waals surface area contributed by atoms with Gasteiger partial charge in [-0.1, -0.05) is 29.5 Å². The van der Waals surface area contributed by atoms with Gasteiger partial charge in [0.15, 0.2) is 5.65 Å². The predicted octanol–water partition coefficient (Wildman–Crippen LogP) is 2.30. The van der Waals surface area contributed by atoms with Crippen LogP contribution in [-0.4, -0.2) is 24.8 Å². The molecular formula is C17H11F2N5O. The van der Waals surface area contributed by atoms with Crippen molar-refractivity contribution in [1.29, 1.82) is 0 Å². The molecule has 25 heavy (non-hydrogen) atoms. The number of rotatable bonds is 3. The van der Waals surface area contributed by atoms with Crippen molar-refractivity contribution in [3.8, 4) is 5.69 Å². The molecule has 0 N–H and O–H groups in total. The maximum atomic E-state index is 13.8. The Labute approximate surface area is 139 Å². The SMILES string of the molecule is O=c1c2cnn(-c3ccccc3)c2nnn1Cc1ccc(F)cc1F. The van der Waals surface area contributed by atoms with Gasteiger partial charge in [0.25, 0.3) is 5.56 Å². The van der Waals surface area contributed by atoms with Crippen LogP contribution in [0.2, 0.25) is 0 Å². The maximum Gasteiger partial charge on any atom is 0.281 e. The highest BCUT2D eigenvalue weighted by atomic mass is 19.1. The van der Waals surface area contributed by atoms with Gasteiger partial charge in [-0.3, -0.25) is 4.79 Å². The molecule has 2 aromatic heterocycles. The topological polar surface area (TPSA) is 65.6 Å². The average molecular weight is 339 g/mol. The lowest BCUT2D eigenvalue weighted by molar-refractivity contribution is 0.541. The molecule has 6 nitrogen and oxygen atoms in total. The van der Waals surface area contributed by atoms with Gasteiger partial charge >= 0.3 is 0 Å². The van der Waals surface area contributed by atoms with E-state index in [-0.39, 0.29) is 17.5 Å². The van der Waals surface area contributed by atoms with Crippen molar-refractivity contribution < 1.29 is 8.78 Å². The molecule has 0 radical (unpaired) electrons. The molecule has 0 unspecified atom stereocenters. The smallest absolute Gasteiger partial charge is 0.267 e. The second-order valence-electron chi connectivity index (χ2n) is 5.42. The van der Waals surface area contributed by atoms with E-state index < -0.39 is 17.2 Å². The number of benzene rings is 2. The molecule has 0 fully saturated rings. The Kier molecular flexibility index (Phi) is 3.57. The van der Waals surface area contributed by atoms with E-state index in [1.165, 1.54) is 16.9 Å². The minimum absolute atomic E-state index is 0.146. The summed E-state index contributed by atoms with van der Waals surface area (Å²) in [5.41, 5.74) is 0.754. The van der Waals surface area contributed by atoms with Gasteiger partial charge in [-0.25, -0.2) is 18.1 Å². The zero-order valence-corrected chi connectivity index (χ0v) is 12.8. The summed E-state index contributed by atoms with van der Waals surface area (Å²) in [4.78, 5) is 12.6. The highest BCUT2D eigenvalue weighted by Gasteiger charge is 2.14. The fraction of sp³-hybridized carbons (Fsp3) is 0.0588. The molecule has 0 spiro atoms. The molecule has 4 aromatic rings. The van der Waals surface area contributed by atoms with Gasteiger partial charge in [0.05, 0.1) is 18.4 Å². The largest absolute Gasteiger partial charge is 0.281 e. The van der Waals surface area contributed by atoms with E-state index in [4.69, 9.17) is 0 Å². The average Bonchev–Trinajstić information content (AvgIpc) is 3.05. The fourth-order valence-electron chi connectivity index (χ4n) is 2.54. The normalized spacial score (nSPS) is 11.1. The van der Waals surface area contributed by atoms with Crippen molar-refractivity contribution in [3.63, 3.8) is 0 Å². The standard InChI is InChI=1S/C17H11F2N5O/c18-12-7-6-11(15(19)8-12)10-23-17(25)14-9-20-24(16(14)21-22-23)13-4-2-1-3-5-13/h1-9H,10H2. The van der Waals surface area contributed by atoms with Crippen LogP contribution in [0.3, 0.4) is 0 Å². The van der Waals surface area contributed by atoms with Crippen molar-refractivity contribution in [1.82, 2.24) is 24.8 Å². The van der Waals surface area contributed by atoms with Crippen molar-refractivity contribution in [2.24, 2.45) is 0 Å². The lowest BCUT2D eigenvalue weighted by atomic mass is 10.2. The summed E-state index contributed by atoms with van der Waals surface area (Å²) < 4.78 is 29.3. The second kappa shape index (κ2) is 5.90. The molecule has 0 atom stereocenters. The molecule has 4 rings (SSSR count). The van der Waals surface area contributed by atoms with Crippen LogP contribution in [0, 0.1) is 11.6 Å². The van der Waals surface area contributed by atoms with E-state index in [0.29, 0.717) is 5.65 Å². The fourth-order valence-corrected chi connectivity index (χ4v) is 2.54. The van der Waals surface area contributed by atoms with Crippen LogP contribution >= 0.6 is 0 Å². The molecule has 0 bridgehead atoms. The van der Waals surface area contributed by atoms with Crippen LogP contribution in [0.25, 0.3) is 16.7 Å². The summed E-state index contributed by atoms with van der Waals surface area (Å²) in [6.45, 7) is -0.148. The Balaban J connectivity index is 1.78. The highest BCUT2D eigenvalue weighted by molar-refractivity contribution is 5.74. The zero-order chi connectivity index (χ0) is 17.4. The number of fused-ring (bicyclic) bond motifs is 1. The number of nitrogens with zero attached hydrogens (tertiary/aromatic N) is 5. The summed E-state index contributed by atoms with van der Waals surface area (Å²) in [5.74, 6) is -1.42. The summed E-state index contributed by atoms with van der Waals surface area (Å²) in [6.07, 6.45) is 1.40.